The number of H-pyrrole nitrogens is 3. The van der Waals surface area contributed by atoms with E-state index in [-0.39, 0.29) is 11.4 Å². The molecule has 4 aromatic carbocycles. The van der Waals surface area contributed by atoms with Gasteiger partial charge in [-0.15, -0.1) is 0 Å². The Labute approximate surface area is 316 Å². The average molecular weight is 728 g/mol. The predicted octanol–water partition coefficient (Wildman–Crippen LogP) is 9.23. The molecule has 6 bridgehead atoms. The largest absolute Gasteiger partial charge is 0.349 e. The molecular weight excluding hydrogens is 691 g/mol. The van der Waals surface area contributed by atoms with Crippen LogP contribution in [0.1, 0.15) is 64.2 Å². The molecule has 1 aliphatic rings. The lowest BCUT2D eigenvalue weighted by Gasteiger charge is -2.13. The smallest absolute Gasteiger partial charge is 0.272 e. The Hall–Kier alpha value is -7.40. The molecule has 11 nitrogen and oxygen atoms in total. The number of aromatic nitrogens is 3. The van der Waals surface area contributed by atoms with Crippen molar-refractivity contribution in [3.05, 3.63) is 154 Å². The van der Waals surface area contributed by atoms with Crippen LogP contribution >= 0.6 is 0 Å². The van der Waals surface area contributed by atoms with E-state index in [0.717, 1.165) is 22.3 Å². The molecule has 0 saturated carbocycles. The molecule has 11 heteroatoms. The van der Waals surface area contributed by atoms with Crippen molar-refractivity contribution in [1.82, 2.24) is 15.0 Å². The highest BCUT2D eigenvalue weighted by atomic mass is 16.2. The van der Waals surface area contributed by atoms with Crippen LogP contribution in [0.5, 0.6) is 0 Å². The monoisotopic (exact) mass is 727 g/mol. The number of amides is 4. The van der Waals surface area contributed by atoms with E-state index in [1.54, 1.807) is 62.4 Å². The second-order valence-corrected chi connectivity index (χ2v) is 13.5. The lowest BCUT2D eigenvalue weighted by Crippen LogP contribution is -2.19. The van der Waals surface area contributed by atoms with E-state index >= 15 is 0 Å². The number of carbonyl (C=O) groups is 4. The maximum atomic E-state index is 14.4. The fraction of sp³-hybridized carbons (Fsp3) is 0.0909. The zero-order valence-electron chi connectivity index (χ0n) is 30.5. The standard InChI is InChI=1S/C44H37N7O4/c1-23-24(2)38-42(53)46-30-20-12-14-22-32(30)48-44(55)40-34(28-17-9-6-10-18-28)26(4)36(50-40)35-25(3)33(27-15-7-5-8-16-27)39(49-35)43(54)47-31-21-13-11-19-29(31)45-41(52)37(23)51-38/h5-22,49-51H,1-4H3,(H,45,52)(H,46,53)(H,47,54)(H,48,55). The number of aromatic amines is 3. The van der Waals surface area contributed by atoms with Gasteiger partial charge in [-0.1, -0.05) is 84.9 Å². The van der Waals surface area contributed by atoms with E-state index < -0.39 is 23.6 Å². The maximum Gasteiger partial charge on any atom is 0.272 e. The van der Waals surface area contributed by atoms with E-state index in [2.05, 4.69) is 36.2 Å². The zero-order valence-corrected chi connectivity index (χ0v) is 30.5. The minimum atomic E-state index is -0.491. The van der Waals surface area contributed by atoms with Crippen LogP contribution in [0.4, 0.5) is 22.7 Å². The summed E-state index contributed by atoms with van der Waals surface area (Å²) in [5.41, 5.74) is 9.48. The van der Waals surface area contributed by atoms with Gasteiger partial charge in [-0.25, -0.2) is 0 Å². The summed E-state index contributed by atoms with van der Waals surface area (Å²) < 4.78 is 0. The molecule has 55 heavy (non-hydrogen) atoms. The first-order chi connectivity index (χ1) is 26.6. The molecule has 0 aliphatic carbocycles. The van der Waals surface area contributed by atoms with E-state index in [1.165, 1.54) is 0 Å². The molecule has 0 radical (unpaired) electrons. The molecule has 4 amide bonds. The number of anilines is 4. The average Bonchev–Trinajstić information content (AvgIpc) is 3.83. The van der Waals surface area contributed by atoms with Crippen LogP contribution in [0.15, 0.2) is 109 Å². The van der Waals surface area contributed by atoms with Crippen LogP contribution in [0.25, 0.3) is 33.6 Å². The molecule has 0 fully saturated rings. The summed E-state index contributed by atoms with van der Waals surface area (Å²) in [6, 6.07) is 33.1. The van der Waals surface area contributed by atoms with Crippen LogP contribution in [-0.4, -0.2) is 38.6 Å². The molecule has 8 rings (SSSR count). The van der Waals surface area contributed by atoms with Gasteiger partial charge in [0.05, 0.1) is 34.1 Å². The Bertz CT molecular complexity index is 2490. The first-order valence-electron chi connectivity index (χ1n) is 17.8. The molecular formula is C44H37N7O4. The molecule has 0 unspecified atom stereocenters. The summed E-state index contributed by atoms with van der Waals surface area (Å²) in [6.07, 6.45) is 0. The number of hydrogen-bond donors (Lipinski definition) is 7. The van der Waals surface area contributed by atoms with Gasteiger partial charge in [0, 0.05) is 11.1 Å². The number of rotatable bonds is 2. The SMILES string of the molecule is Cc1c2[nH]c(c1C)C(=O)Nc1ccccc1NC(=O)c1[nH]c(c(C)c1-c1ccccc1)-c1[nH]c(c(-c3ccccc3)c1C)C(=O)Nc1ccccc1NC2=O. The van der Waals surface area contributed by atoms with Gasteiger partial charge in [0.25, 0.3) is 23.6 Å². The van der Waals surface area contributed by atoms with Gasteiger partial charge in [0.15, 0.2) is 0 Å². The second kappa shape index (κ2) is 13.9. The van der Waals surface area contributed by atoms with E-state index in [0.29, 0.717) is 67.8 Å². The van der Waals surface area contributed by atoms with Gasteiger partial charge < -0.3 is 36.2 Å². The normalized spacial score (nSPS) is 13.1. The fourth-order valence-electron chi connectivity index (χ4n) is 7.24. The number of para-hydroxylation sites is 4. The number of fused-ring (bicyclic) bond motifs is 9. The lowest BCUT2D eigenvalue weighted by atomic mass is 9.97. The highest BCUT2D eigenvalue weighted by molar-refractivity contribution is 6.15. The van der Waals surface area contributed by atoms with Crippen molar-refractivity contribution >= 4 is 46.4 Å². The molecule has 4 heterocycles. The second-order valence-electron chi connectivity index (χ2n) is 13.5. The summed E-state index contributed by atoms with van der Waals surface area (Å²) >= 11 is 0. The van der Waals surface area contributed by atoms with E-state index in [4.69, 9.17) is 0 Å². The van der Waals surface area contributed by atoms with Gasteiger partial charge >= 0.3 is 0 Å². The summed E-state index contributed by atoms with van der Waals surface area (Å²) in [7, 11) is 0. The van der Waals surface area contributed by atoms with Crippen LogP contribution in [0, 0.1) is 27.7 Å². The van der Waals surface area contributed by atoms with Crippen LogP contribution < -0.4 is 21.3 Å². The molecule has 0 spiro atoms. The van der Waals surface area contributed by atoms with E-state index in [9.17, 15) is 19.2 Å². The molecule has 0 atom stereocenters. The third kappa shape index (κ3) is 6.17. The summed E-state index contributed by atoms with van der Waals surface area (Å²) in [5, 5.41) is 11.9. The van der Waals surface area contributed by atoms with Crippen molar-refractivity contribution in [3.8, 4) is 33.6 Å². The number of hydrogen-bond acceptors (Lipinski definition) is 4. The van der Waals surface area contributed by atoms with Crippen molar-refractivity contribution < 1.29 is 19.2 Å². The minimum absolute atomic E-state index is 0.193. The van der Waals surface area contributed by atoms with Crippen molar-refractivity contribution in [3.63, 3.8) is 0 Å². The third-order valence-electron chi connectivity index (χ3n) is 10.2. The van der Waals surface area contributed by atoms with Gasteiger partial charge in [0.2, 0.25) is 0 Å². The quantitative estimate of drug-likeness (QED) is 0.0945. The highest BCUT2D eigenvalue weighted by Gasteiger charge is 2.29. The number of carbonyl (C=O) groups excluding carboxylic acids is 4. The van der Waals surface area contributed by atoms with Crippen LogP contribution in [-0.2, 0) is 0 Å². The zero-order chi connectivity index (χ0) is 38.4. The van der Waals surface area contributed by atoms with Crippen LogP contribution in [0.2, 0.25) is 0 Å². The summed E-state index contributed by atoms with van der Waals surface area (Å²) in [5.74, 6) is -1.85. The Balaban J connectivity index is 1.35. The van der Waals surface area contributed by atoms with E-state index in [1.807, 2.05) is 74.5 Å². The Morgan fingerprint density at radius 2 is 0.582 bits per heavy atom. The summed E-state index contributed by atoms with van der Waals surface area (Å²) in [4.78, 5) is 66.2. The van der Waals surface area contributed by atoms with Crippen molar-refractivity contribution in [1.29, 1.82) is 0 Å². The Kier molecular flexibility index (Phi) is 8.74. The molecule has 7 aromatic rings. The molecule has 7 N–H and O–H groups in total. The highest BCUT2D eigenvalue weighted by Crippen LogP contribution is 2.41. The van der Waals surface area contributed by atoms with Gasteiger partial charge in [-0.2, -0.15) is 0 Å². The topological polar surface area (TPSA) is 164 Å². The van der Waals surface area contributed by atoms with Gasteiger partial charge in [-0.3, -0.25) is 19.2 Å². The molecule has 1 aliphatic heterocycles. The van der Waals surface area contributed by atoms with Gasteiger partial charge in [0.1, 0.15) is 22.8 Å². The Morgan fingerprint density at radius 3 is 0.909 bits per heavy atom. The fourth-order valence-corrected chi connectivity index (χ4v) is 7.24. The molecule has 3 aromatic heterocycles. The third-order valence-corrected chi connectivity index (χ3v) is 10.2. The van der Waals surface area contributed by atoms with Crippen molar-refractivity contribution in [2.24, 2.45) is 0 Å². The maximum absolute atomic E-state index is 14.4. The van der Waals surface area contributed by atoms with Gasteiger partial charge in [-0.05, 0) is 85.3 Å². The predicted molar refractivity (Wildman–Crippen MR) is 216 cm³/mol. The number of nitrogens with one attached hydrogen (secondary N) is 7. The Morgan fingerprint density at radius 1 is 0.309 bits per heavy atom. The number of benzene rings is 4. The van der Waals surface area contributed by atoms with Crippen molar-refractivity contribution in [2.45, 2.75) is 27.7 Å². The van der Waals surface area contributed by atoms with Crippen LogP contribution in [0.3, 0.4) is 0 Å². The van der Waals surface area contributed by atoms with Crippen molar-refractivity contribution in [2.75, 3.05) is 21.3 Å². The minimum Gasteiger partial charge on any atom is -0.349 e. The first kappa shape index (κ1) is 34.7. The molecule has 0 saturated heterocycles. The molecule has 272 valence electrons. The first-order valence-corrected chi connectivity index (χ1v) is 17.8. The summed E-state index contributed by atoms with van der Waals surface area (Å²) in [6.45, 7) is 7.39. The lowest BCUT2D eigenvalue weighted by molar-refractivity contribution is 0.100.